The zero-order chi connectivity index (χ0) is 20.3. The fourth-order valence-corrected chi connectivity index (χ4v) is 3.38. The van der Waals surface area contributed by atoms with Gasteiger partial charge >= 0.3 is 0 Å². The van der Waals surface area contributed by atoms with E-state index in [2.05, 4.69) is 10.4 Å². The van der Waals surface area contributed by atoms with Gasteiger partial charge in [0, 0.05) is 28.9 Å². The van der Waals surface area contributed by atoms with Crippen LogP contribution < -0.4 is 10.1 Å². The van der Waals surface area contributed by atoms with E-state index >= 15 is 0 Å². The maximum atomic E-state index is 12.4. The Hall–Kier alpha value is -2.79. The molecule has 1 amide bonds. The number of carbonyl (C=O) groups excluding carboxylic acids is 1. The fraction of sp³-hybridized carbons (Fsp3) is 0.273. The number of methoxy groups -OCH3 is 1. The summed E-state index contributed by atoms with van der Waals surface area (Å²) in [6, 6.07) is 13.2. The van der Waals surface area contributed by atoms with Crippen LogP contribution in [0.3, 0.4) is 0 Å². The topological polar surface area (TPSA) is 56.2 Å². The van der Waals surface area contributed by atoms with E-state index in [1.54, 1.807) is 13.2 Å². The summed E-state index contributed by atoms with van der Waals surface area (Å²) in [5.74, 6) is 0.737. The van der Waals surface area contributed by atoms with Gasteiger partial charge in [-0.3, -0.25) is 4.79 Å². The van der Waals surface area contributed by atoms with Crippen LogP contribution in [0.25, 0.3) is 5.69 Å². The van der Waals surface area contributed by atoms with Crippen molar-refractivity contribution in [1.29, 1.82) is 0 Å². The number of rotatable bonds is 6. The van der Waals surface area contributed by atoms with Crippen molar-refractivity contribution < 1.29 is 9.53 Å². The normalized spacial score (nSPS) is 10.8. The average molecular weight is 398 g/mol. The molecule has 0 fully saturated rings. The standard InChI is InChI=1S/C22H24ClN3O2/c1-14-8-9-17(23)12-21(14)24-22(27)11-10-20-15(2)25-26(16(20)3)18-6-5-7-19(13-18)28-4/h5-9,12-13H,10-11H2,1-4H3,(H,24,27). The Bertz CT molecular complexity index is 1010. The van der Waals surface area contributed by atoms with Crippen molar-refractivity contribution in [3.8, 4) is 11.4 Å². The van der Waals surface area contributed by atoms with Crippen LogP contribution in [0.15, 0.2) is 42.5 Å². The van der Waals surface area contributed by atoms with E-state index in [9.17, 15) is 4.79 Å². The Morgan fingerprint density at radius 3 is 2.71 bits per heavy atom. The number of aromatic nitrogens is 2. The van der Waals surface area contributed by atoms with Gasteiger partial charge < -0.3 is 10.1 Å². The van der Waals surface area contributed by atoms with Crippen molar-refractivity contribution in [2.24, 2.45) is 0 Å². The Morgan fingerprint density at radius 2 is 1.96 bits per heavy atom. The summed E-state index contributed by atoms with van der Waals surface area (Å²) in [5, 5.41) is 8.21. The van der Waals surface area contributed by atoms with E-state index in [0.717, 1.165) is 39.6 Å². The van der Waals surface area contributed by atoms with E-state index in [1.165, 1.54) is 0 Å². The number of hydrogen-bond donors (Lipinski definition) is 1. The van der Waals surface area contributed by atoms with Gasteiger partial charge in [0.1, 0.15) is 5.75 Å². The molecule has 2 aromatic carbocycles. The zero-order valence-electron chi connectivity index (χ0n) is 16.5. The number of nitrogens with zero attached hydrogens (tertiary/aromatic N) is 2. The monoisotopic (exact) mass is 397 g/mol. The molecule has 0 atom stereocenters. The van der Waals surface area contributed by atoms with E-state index in [1.807, 2.05) is 61.9 Å². The van der Waals surface area contributed by atoms with Crippen LogP contribution in [0.2, 0.25) is 5.02 Å². The predicted molar refractivity (Wildman–Crippen MR) is 113 cm³/mol. The van der Waals surface area contributed by atoms with Crippen molar-refractivity contribution in [2.75, 3.05) is 12.4 Å². The number of aryl methyl sites for hydroxylation is 2. The van der Waals surface area contributed by atoms with Crippen LogP contribution in [-0.2, 0) is 11.2 Å². The summed E-state index contributed by atoms with van der Waals surface area (Å²) >= 11 is 6.03. The van der Waals surface area contributed by atoms with Crippen molar-refractivity contribution in [2.45, 2.75) is 33.6 Å². The quantitative estimate of drug-likeness (QED) is 0.634. The largest absolute Gasteiger partial charge is 0.497 e. The molecule has 0 saturated carbocycles. The Morgan fingerprint density at radius 1 is 1.18 bits per heavy atom. The molecule has 0 aliphatic heterocycles. The molecule has 3 rings (SSSR count). The minimum Gasteiger partial charge on any atom is -0.497 e. The van der Waals surface area contributed by atoms with E-state index in [-0.39, 0.29) is 5.91 Å². The number of ether oxygens (including phenoxy) is 1. The van der Waals surface area contributed by atoms with Crippen molar-refractivity contribution in [3.05, 3.63) is 70.0 Å². The van der Waals surface area contributed by atoms with Crippen LogP contribution in [0.4, 0.5) is 5.69 Å². The Labute approximate surface area is 170 Å². The zero-order valence-corrected chi connectivity index (χ0v) is 17.3. The highest BCUT2D eigenvalue weighted by Gasteiger charge is 2.15. The van der Waals surface area contributed by atoms with E-state index in [4.69, 9.17) is 16.3 Å². The van der Waals surface area contributed by atoms with Gasteiger partial charge in [0.05, 0.1) is 18.5 Å². The highest BCUT2D eigenvalue weighted by atomic mass is 35.5. The third-order valence-electron chi connectivity index (χ3n) is 4.81. The van der Waals surface area contributed by atoms with E-state index < -0.39 is 0 Å². The first-order chi connectivity index (χ1) is 13.4. The first kappa shape index (κ1) is 20.0. The molecule has 0 radical (unpaired) electrons. The fourth-order valence-electron chi connectivity index (χ4n) is 3.21. The Kier molecular flexibility index (Phi) is 6.05. The first-order valence-corrected chi connectivity index (χ1v) is 9.52. The highest BCUT2D eigenvalue weighted by molar-refractivity contribution is 6.31. The van der Waals surface area contributed by atoms with Crippen molar-refractivity contribution in [3.63, 3.8) is 0 Å². The second kappa shape index (κ2) is 8.48. The summed E-state index contributed by atoms with van der Waals surface area (Å²) in [6.45, 7) is 5.93. The maximum Gasteiger partial charge on any atom is 0.224 e. The number of nitrogens with one attached hydrogen (secondary N) is 1. The molecular weight excluding hydrogens is 374 g/mol. The Balaban J connectivity index is 1.73. The van der Waals surface area contributed by atoms with Crippen molar-refractivity contribution in [1.82, 2.24) is 9.78 Å². The van der Waals surface area contributed by atoms with Gasteiger partial charge in [0.15, 0.2) is 0 Å². The highest BCUT2D eigenvalue weighted by Crippen LogP contribution is 2.23. The summed E-state index contributed by atoms with van der Waals surface area (Å²) in [6.07, 6.45) is 0.991. The molecule has 0 bridgehead atoms. The van der Waals surface area contributed by atoms with Gasteiger partial charge in [-0.2, -0.15) is 5.10 Å². The number of amides is 1. The maximum absolute atomic E-state index is 12.4. The second-order valence-electron chi connectivity index (χ2n) is 6.77. The molecule has 146 valence electrons. The molecular formula is C22H24ClN3O2. The lowest BCUT2D eigenvalue weighted by molar-refractivity contribution is -0.116. The molecule has 6 heteroatoms. The lowest BCUT2D eigenvalue weighted by atomic mass is 10.1. The molecule has 0 aliphatic carbocycles. The summed E-state index contributed by atoms with van der Waals surface area (Å²) in [4.78, 5) is 12.4. The lowest BCUT2D eigenvalue weighted by Crippen LogP contribution is -2.13. The van der Waals surface area contributed by atoms with Gasteiger partial charge in [0.2, 0.25) is 5.91 Å². The van der Waals surface area contributed by atoms with E-state index in [0.29, 0.717) is 17.9 Å². The van der Waals surface area contributed by atoms with Crippen LogP contribution in [0.5, 0.6) is 5.75 Å². The minimum absolute atomic E-state index is 0.0432. The van der Waals surface area contributed by atoms with Gasteiger partial charge in [-0.05, 0) is 62.6 Å². The third kappa shape index (κ3) is 4.37. The minimum atomic E-state index is -0.0432. The molecule has 0 aliphatic rings. The predicted octanol–water partition coefficient (Wildman–Crippen LogP) is 5.03. The smallest absolute Gasteiger partial charge is 0.224 e. The third-order valence-corrected chi connectivity index (χ3v) is 5.05. The number of benzene rings is 2. The van der Waals surface area contributed by atoms with Crippen molar-refractivity contribution >= 4 is 23.2 Å². The molecule has 1 aromatic heterocycles. The SMILES string of the molecule is COc1cccc(-n2nc(C)c(CCC(=O)Nc3cc(Cl)ccc3C)c2C)c1. The van der Waals surface area contributed by atoms with Gasteiger partial charge in [-0.25, -0.2) is 4.68 Å². The molecule has 28 heavy (non-hydrogen) atoms. The van der Waals surface area contributed by atoms with Gasteiger partial charge in [-0.1, -0.05) is 23.7 Å². The molecule has 0 saturated heterocycles. The summed E-state index contributed by atoms with van der Waals surface area (Å²) < 4.78 is 7.20. The number of hydrogen-bond acceptors (Lipinski definition) is 3. The second-order valence-corrected chi connectivity index (χ2v) is 7.21. The number of halogens is 1. The summed E-state index contributed by atoms with van der Waals surface area (Å²) in [5.41, 5.74) is 5.70. The molecule has 0 unspecified atom stereocenters. The molecule has 1 N–H and O–H groups in total. The average Bonchev–Trinajstić information content (AvgIpc) is 2.97. The summed E-state index contributed by atoms with van der Waals surface area (Å²) in [7, 11) is 1.64. The van der Waals surface area contributed by atoms with Gasteiger partial charge in [-0.15, -0.1) is 0 Å². The molecule has 0 spiro atoms. The molecule has 3 aromatic rings. The number of carbonyl (C=O) groups is 1. The van der Waals surface area contributed by atoms with Crippen LogP contribution in [0.1, 0.15) is 28.9 Å². The first-order valence-electron chi connectivity index (χ1n) is 9.14. The van der Waals surface area contributed by atoms with Crippen LogP contribution >= 0.6 is 11.6 Å². The lowest BCUT2D eigenvalue weighted by Gasteiger charge is -2.09. The van der Waals surface area contributed by atoms with Crippen LogP contribution in [-0.4, -0.2) is 22.8 Å². The number of anilines is 1. The molecule has 1 heterocycles. The molecule has 5 nitrogen and oxygen atoms in total. The van der Waals surface area contributed by atoms with Crippen LogP contribution in [0, 0.1) is 20.8 Å². The van der Waals surface area contributed by atoms with Gasteiger partial charge in [0.25, 0.3) is 0 Å².